The molecule has 0 aromatic carbocycles. The van der Waals surface area contributed by atoms with Crippen molar-refractivity contribution in [1.82, 2.24) is 19.8 Å². The fourth-order valence-electron chi connectivity index (χ4n) is 3.37. The van der Waals surface area contributed by atoms with Crippen LogP contribution in [0.3, 0.4) is 0 Å². The molecule has 0 unspecified atom stereocenters. The van der Waals surface area contributed by atoms with E-state index in [1.54, 1.807) is 0 Å². The van der Waals surface area contributed by atoms with Crippen LogP contribution in [-0.4, -0.2) is 40.6 Å². The van der Waals surface area contributed by atoms with Crippen LogP contribution in [0.4, 0.5) is 0 Å². The fraction of sp³-hybridized carbons (Fsp3) is 0.611. The summed E-state index contributed by atoms with van der Waals surface area (Å²) < 4.78 is 2.33. The van der Waals surface area contributed by atoms with Crippen LogP contribution in [0.1, 0.15) is 43.9 Å². The number of nitrogens with one attached hydrogen (secondary N) is 1. The van der Waals surface area contributed by atoms with Gasteiger partial charge in [0.05, 0.1) is 17.9 Å². The Morgan fingerprint density at radius 2 is 2.14 bits per heavy atom. The van der Waals surface area contributed by atoms with E-state index in [1.807, 2.05) is 19.2 Å². The molecule has 4 heteroatoms. The molecule has 1 aromatic heterocycles. The summed E-state index contributed by atoms with van der Waals surface area (Å²) in [5.74, 6) is 1.76. The number of nitrogens with zero attached hydrogens (tertiary/aromatic N) is 3. The minimum atomic E-state index is 0.630. The van der Waals surface area contributed by atoms with Gasteiger partial charge in [0, 0.05) is 19.1 Å². The molecule has 1 fully saturated rings. The quantitative estimate of drug-likeness (QED) is 0.840. The Morgan fingerprint density at radius 1 is 1.36 bits per heavy atom. The van der Waals surface area contributed by atoms with Crippen LogP contribution in [0.15, 0.2) is 13.2 Å². The van der Waals surface area contributed by atoms with E-state index in [4.69, 9.17) is 4.98 Å². The summed E-state index contributed by atoms with van der Waals surface area (Å²) in [6, 6.07) is 0.630. The van der Waals surface area contributed by atoms with Crippen molar-refractivity contribution >= 4 is 12.2 Å². The number of rotatable bonds is 7. The van der Waals surface area contributed by atoms with Crippen molar-refractivity contribution in [2.24, 2.45) is 5.92 Å². The predicted molar refractivity (Wildman–Crippen MR) is 94.6 cm³/mol. The molecule has 0 radical (unpaired) electrons. The van der Waals surface area contributed by atoms with E-state index in [0.29, 0.717) is 12.0 Å². The molecule has 22 heavy (non-hydrogen) atoms. The van der Waals surface area contributed by atoms with Gasteiger partial charge in [-0.2, -0.15) is 0 Å². The molecule has 1 atom stereocenters. The van der Waals surface area contributed by atoms with Crippen molar-refractivity contribution in [2.45, 2.75) is 45.8 Å². The van der Waals surface area contributed by atoms with Crippen LogP contribution >= 0.6 is 0 Å². The monoisotopic (exact) mass is 302 g/mol. The molecule has 122 valence electrons. The van der Waals surface area contributed by atoms with Crippen LogP contribution in [-0.2, 0) is 13.1 Å². The highest BCUT2D eigenvalue weighted by Crippen LogP contribution is 2.23. The van der Waals surface area contributed by atoms with Gasteiger partial charge >= 0.3 is 0 Å². The van der Waals surface area contributed by atoms with Crippen molar-refractivity contribution in [3.05, 3.63) is 30.4 Å². The van der Waals surface area contributed by atoms with E-state index in [-0.39, 0.29) is 0 Å². The molecule has 1 N–H and O–H groups in total. The molecule has 1 aromatic rings. The van der Waals surface area contributed by atoms with E-state index in [1.165, 1.54) is 25.9 Å². The van der Waals surface area contributed by atoms with Gasteiger partial charge in [-0.05, 0) is 58.4 Å². The minimum absolute atomic E-state index is 0.630. The molecular formula is C18H30N4. The first-order valence-electron chi connectivity index (χ1n) is 8.33. The number of hydrogen-bond acceptors (Lipinski definition) is 3. The molecule has 1 aliphatic heterocycles. The molecule has 0 amide bonds. The Bertz CT molecular complexity index is 515. The van der Waals surface area contributed by atoms with Crippen LogP contribution < -0.4 is 5.32 Å². The average Bonchev–Trinajstić information content (AvgIpc) is 2.85. The third-order valence-electron chi connectivity index (χ3n) is 4.56. The Morgan fingerprint density at radius 3 is 2.73 bits per heavy atom. The topological polar surface area (TPSA) is 33.1 Å². The lowest BCUT2D eigenvalue weighted by molar-refractivity contribution is 0.130. The summed E-state index contributed by atoms with van der Waals surface area (Å²) in [5, 5.41) is 3.22. The van der Waals surface area contributed by atoms with Crippen molar-refractivity contribution in [3.63, 3.8) is 0 Å². The van der Waals surface area contributed by atoms with Gasteiger partial charge in [-0.1, -0.05) is 13.2 Å². The molecule has 2 rings (SSSR count). The Labute approximate surface area is 134 Å². The highest BCUT2D eigenvalue weighted by Gasteiger charge is 2.24. The molecule has 4 nitrogen and oxygen atoms in total. The molecule has 0 bridgehead atoms. The van der Waals surface area contributed by atoms with E-state index >= 15 is 0 Å². The van der Waals surface area contributed by atoms with Crippen molar-refractivity contribution in [3.8, 4) is 0 Å². The second-order valence-corrected chi connectivity index (χ2v) is 6.44. The maximum absolute atomic E-state index is 4.71. The van der Waals surface area contributed by atoms with Crippen LogP contribution in [0.5, 0.6) is 0 Å². The van der Waals surface area contributed by atoms with Crippen molar-refractivity contribution < 1.29 is 0 Å². The summed E-state index contributed by atoms with van der Waals surface area (Å²) in [4.78, 5) is 7.29. The van der Waals surface area contributed by atoms with Gasteiger partial charge in [0.25, 0.3) is 0 Å². The molecule has 1 aliphatic rings. The zero-order valence-electron chi connectivity index (χ0n) is 14.3. The van der Waals surface area contributed by atoms with E-state index in [9.17, 15) is 0 Å². The number of aromatic nitrogens is 2. The lowest BCUT2D eigenvalue weighted by Gasteiger charge is -2.36. The molecule has 0 spiro atoms. The first-order chi connectivity index (χ1) is 10.6. The summed E-state index contributed by atoms with van der Waals surface area (Å²) in [6.45, 7) is 16.6. The molecular weight excluding hydrogens is 272 g/mol. The first kappa shape index (κ1) is 17.0. The summed E-state index contributed by atoms with van der Waals surface area (Å²) in [7, 11) is 1.96. The Kier molecular flexibility index (Phi) is 5.98. The van der Waals surface area contributed by atoms with Gasteiger partial charge < -0.3 is 14.8 Å². The Balaban J connectivity index is 2.21. The number of piperidine rings is 1. The van der Waals surface area contributed by atoms with E-state index in [2.05, 4.69) is 41.8 Å². The molecule has 0 aliphatic carbocycles. The average molecular weight is 302 g/mol. The zero-order chi connectivity index (χ0) is 16.1. The van der Waals surface area contributed by atoms with Gasteiger partial charge in [0.2, 0.25) is 0 Å². The van der Waals surface area contributed by atoms with Gasteiger partial charge in [0.1, 0.15) is 5.82 Å². The number of likely N-dealkylation sites (tertiary alicyclic amines) is 1. The predicted octanol–water partition coefficient (Wildman–Crippen LogP) is 3.01. The van der Waals surface area contributed by atoms with Crippen LogP contribution in [0.25, 0.3) is 12.2 Å². The van der Waals surface area contributed by atoms with Crippen LogP contribution in [0, 0.1) is 5.92 Å². The van der Waals surface area contributed by atoms with Crippen molar-refractivity contribution in [2.75, 3.05) is 20.1 Å². The van der Waals surface area contributed by atoms with Gasteiger partial charge in [-0.3, -0.25) is 0 Å². The van der Waals surface area contributed by atoms with Crippen LogP contribution in [0.2, 0.25) is 0 Å². The SMILES string of the molecule is C=Cc1nc(CNC)n(C[C@H]2CCCN(C(C)C)C2)c1C=C. The first-order valence-corrected chi connectivity index (χ1v) is 8.33. The minimum Gasteiger partial charge on any atom is -0.327 e. The van der Waals surface area contributed by atoms with E-state index in [0.717, 1.165) is 30.3 Å². The van der Waals surface area contributed by atoms with E-state index < -0.39 is 0 Å². The number of imidazole rings is 1. The molecule has 0 saturated carbocycles. The Hall–Kier alpha value is -1.39. The maximum atomic E-state index is 4.71. The number of hydrogen-bond donors (Lipinski definition) is 1. The van der Waals surface area contributed by atoms with Gasteiger partial charge in [0.15, 0.2) is 0 Å². The third kappa shape index (κ3) is 3.68. The highest BCUT2D eigenvalue weighted by molar-refractivity contribution is 5.58. The third-order valence-corrected chi connectivity index (χ3v) is 4.56. The fourth-order valence-corrected chi connectivity index (χ4v) is 3.37. The largest absolute Gasteiger partial charge is 0.327 e. The van der Waals surface area contributed by atoms with Crippen molar-refractivity contribution in [1.29, 1.82) is 0 Å². The molecule has 2 heterocycles. The summed E-state index contributed by atoms with van der Waals surface area (Å²) in [5.41, 5.74) is 2.04. The van der Waals surface area contributed by atoms with Gasteiger partial charge in [-0.15, -0.1) is 0 Å². The zero-order valence-corrected chi connectivity index (χ0v) is 14.3. The standard InChI is InChI=1S/C18H30N4/c1-6-16-17(7-2)22(18(20-16)11-19-5)13-15-9-8-10-21(12-15)14(3)4/h6-7,14-15,19H,1-2,8-13H2,3-5H3/t15-/m0/s1. The second-order valence-electron chi connectivity index (χ2n) is 6.44. The smallest absolute Gasteiger partial charge is 0.123 e. The van der Waals surface area contributed by atoms with Gasteiger partial charge in [-0.25, -0.2) is 4.98 Å². The summed E-state index contributed by atoms with van der Waals surface area (Å²) >= 11 is 0. The summed E-state index contributed by atoms with van der Waals surface area (Å²) in [6.07, 6.45) is 6.32. The normalized spacial score (nSPS) is 19.5. The lowest BCUT2D eigenvalue weighted by Crippen LogP contribution is -2.41. The highest BCUT2D eigenvalue weighted by atomic mass is 15.2. The lowest BCUT2D eigenvalue weighted by atomic mass is 9.96. The molecule has 1 saturated heterocycles. The maximum Gasteiger partial charge on any atom is 0.123 e. The second kappa shape index (κ2) is 7.75.